The maximum Gasteiger partial charge on any atom is 0.333 e. The fourth-order valence-electron chi connectivity index (χ4n) is 1.09. The van der Waals surface area contributed by atoms with Gasteiger partial charge in [-0.25, -0.2) is 4.98 Å². The van der Waals surface area contributed by atoms with Gasteiger partial charge in [0, 0.05) is 0 Å². The first-order chi connectivity index (χ1) is 6.88. The Morgan fingerprint density at radius 1 is 1.33 bits per heavy atom. The fraction of sp³-hybridized carbons (Fsp3) is 0. The van der Waals surface area contributed by atoms with Crippen LogP contribution in [0.4, 0.5) is 3.89 Å². The monoisotopic (exact) mass is 285 g/mol. The summed E-state index contributed by atoms with van der Waals surface area (Å²) in [6, 6.07) is 2.39. The molecule has 2 aromatic rings. The van der Waals surface area contributed by atoms with Gasteiger partial charge >= 0.3 is 10.2 Å². The molecule has 1 aromatic heterocycles. The summed E-state index contributed by atoms with van der Waals surface area (Å²) in [4.78, 5) is 3.32. The minimum absolute atomic E-state index is 0.202. The normalized spacial score (nSPS) is 12.2. The van der Waals surface area contributed by atoms with Crippen LogP contribution in [0.5, 0.6) is 0 Å². The van der Waals surface area contributed by atoms with Gasteiger partial charge in [0.1, 0.15) is 4.90 Å². The molecule has 0 aliphatic carbocycles. The van der Waals surface area contributed by atoms with Crippen molar-refractivity contribution in [3.63, 3.8) is 0 Å². The van der Waals surface area contributed by atoms with E-state index in [2.05, 4.69) is 4.98 Å². The van der Waals surface area contributed by atoms with Crippen molar-refractivity contribution in [1.29, 1.82) is 0 Å². The first-order valence-corrected chi connectivity index (χ1v) is 6.54. The molecule has 1 aromatic carbocycles. The predicted molar refractivity (Wildman–Crippen MR) is 57.9 cm³/mol. The first-order valence-electron chi connectivity index (χ1n) is 3.58. The van der Waals surface area contributed by atoms with Crippen molar-refractivity contribution in [2.24, 2.45) is 0 Å². The van der Waals surface area contributed by atoms with E-state index in [1.54, 1.807) is 0 Å². The number of aromatic nitrogens is 1. The molecule has 0 N–H and O–H groups in total. The summed E-state index contributed by atoms with van der Waals surface area (Å²) in [6.45, 7) is 0. The zero-order valence-electron chi connectivity index (χ0n) is 6.87. The van der Waals surface area contributed by atoms with Gasteiger partial charge in [-0.3, -0.25) is 0 Å². The van der Waals surface area contributed by atoms with Gasteiger partial charge in [0.05, 0.1) is 15.2 Å². The topological polar surface area (TPSA) is 47.0 Å². The van der Waals surface area contributed by atoms with Crippen molar-refractivity contribution >= 4 is 55.0 Å². The molecule has 0 aliphatic heterocycles. The molecule has 80 valence electrons. The largest absolute Gasteiger partial charge is 0.333 e. The van der Waals surface area contributed by atoms with E-state index in [1.807, 2.05) is 0 Å². The fourth-order valence-corrected chi connectivity index (χ4v) is 3.20. The minimum Gasteiger partial charge on any atom is -0.225 e. The SMILES string of the molecule is O=S(=O)(F)c1cc2sc(Cl)nc2cc1Cl. The smallest absolute Gasteiger partial charge is 0.225 e. The van der Waals surface area contributed by atoms with Crippen molar-refractivity contribution in [2.75, 3.05) is 0 Å². The Bertz CT molecular complexity index is 638. The average Bonchev–Trinajstić information content (AvgIpc) is 2.40. The van der Waals surface area contributed by atoms with Crippen molar-refractivity contribution < 1.29 is 12.3 Å². The second-order valence-electron chi connectivity index (χ2n) is 2.66. The quantitative estimate of drug-likeness (QED) is 0.756. The van der Waals surface area contributed by atoms with Gasteiger partial charge in [-0.1, -0.05) is 23.2 Å². The molecule has 0 amide bonds. The van der Waals surface area contributed by atoms with Gasteiger partial charge in [0.15, 0.2) is 4.47 Å². The third-order valence-corrected chi connectivity index (χ3v) is 4.09. The van der Waals surface area contributed by atoms with Gasteiger partial charge in [0.2, 0.25) is 0 Å². The molecule has 0 saturated carbocycles. The zero-order chi connectivity index (χ0) is 11.2. The van der Waals surface area contributed by atoms with Crippen LogP contribution in [0.3, 0.4) is 0 Å². The van der Waals surface area contributed by atoms with Crippen LogP contribution in [-0.4, -0.2) is 13.4 Å². The number of fused-ring (bicyclic) bond motifs is 1. The third kappa shape index (κ3) is 2.08. The summed E-state index contributed by atoms with van der Waals surface area (Å²) < 4.78 is 34.9. The van der Waals surface area contributed by atoms with Crippen molar-refractivity contribution in [1.82, 2.24) is 4.98 Å². The van der Waals surface area contributed by atoms with Crippen molar-refractivity contribution in [2.45, 2.75) is 4.90 Å². The van der Waals surface area contributed by atoms with Gasteiger partial charge in [-0.2, -0.15) is 8.42 Å². The summed E-state index contributed by atoms with van der Waals surface area (Å²) in [5.74, 6) is 0. The highest BCUT2D eigenvalue weighted by atomic mass is 35.5. The van der Waals surface area contributed by atoms with Crippen LogP contribution >= 0.6 is 34.5 Å². The summed E-state index contributed by atoms with van der Waals surface area (Å²) in [7, 11) is -4.81. The molecular weight excluding hydrogens is 284 g/mol. The van der Waals surface area contributed by atoms with Crippen LogP contribution in [0.15, 0.2) is 17.0 Å². The molecule has 0 spiro atoms. The lowest BCUT2D eigenvalue weighted by Crippen LogP contribution is -1.92. The van der Waals surface area contributed by atoms with Crippen LogP contribution < -0.4 is 0 Å². The van der Waals surface area contributed by atoms with Crippen molar-refractivity contribution in [3.8, 4) is 0 Å². The Morgan fingerprint density at radius 3 is 2.60 bits per heavy atom. The standard InChI is InChI=1S/C7H2Cl2FNO2S2/c8-3-1-4-5(14-7(9)11-4)2-6(3)15(10,12)13/h1-2H. The van der Waals surface area contributed by atoms with Gasteiger partial charge in [0.25, 0.3) is 0 Å². The molecular formula is C7H2Cl2FNO2S2. The lowest BCUT2D eigenvalue weighted by Gasteiger charge is -1.97. The maximum atomic E-state index is 12.8. The molecule has 0 radical (unpaired) electrons. The Kier molecular flexibility index (Phi) is 2.62. The summed E-state index contributed by atoms with van der Waals surface area (Å²) >= 11 is 12.3. The van der Waals surface area contributed by atoms with E-state index < -0.39 is 15.1 Å². The summed E-state index contributed by atoms with van der Waals surface area (Å²) in [5.41, 5.74) is 0.447. The Hall–Kier alpha value is -0.430. The number of benzene rings is 1. The molecule has 0 unspecified atom stereocenters. The average molecular weight is 286 g/mol. The van der Waals surface area contributed by atoms with Gasteiger partial charge in [-0.05, 0) is 12.1 Å². The maximum absolute atomic E-state index is 12.8. The predicted octanol–water partition coefficient (Wildman–Crippen LogP) is 3.26. The molecule has 0 bridgehead atoms. The van der Waals surface area contributed by atoms with E-state index in [1.165, 1.54) is 6.07 Å². The highest BCUT2D eigenvalue weighted by Crippen LogP contribution is 2.33. The number of rotatable bonds is 1. The van der Waals surface area contributed by atoms with E-state index in [0.29, 0.717) is 10.2 Å². The highest BCUT2D eigenvalue weighted by molar-refractivity contribution is 7.86. The number of halogens is 3. The van der Waals surface area contributed by atoms with E-state index in [0.717, 1.165) is 17.4 Å². The molecule has 0 aliphatic rings. The van der Waals surface area contributed by atoms with Crippen LogP contribution in [0.25, 0.3) is 10.2 Å². The molecule has 0 atom stereocenters. The van der Waals surface area contributed by atoms with Crippen LogP contribution in [0.1, 0.15) is 0 Å². The van der Waals surface area contributed by atoms with Crippen molar-refractivity contribution in [3.05, 3.63) is 21.6 Å². The lowest BCUT2D eigenvalue weighted by atomic mass is 10.3. The minimum atomic E-state index is -4.81. The Balaban J connectivity index is 2.83. The Morgan fingerprint density at radius 2 is 2.00 bits per heavy atom. The molecule has 8 heteroatoms. The number of nitrogens with zero attached hydrogens (tertiary/aromatic N) is 1. The van der Waals surface area contributed by atoms with E-state index in [4.69, 9.17) is 23.2 Å². The molecule has 1 heterocycles. The number of thiazole rings is 1. The number of hydrogen-bond donors (Lipinski definition) is 0. The second-order valence-corrected chi connectivity index (χ2v) is 5.99. The van der Waals surface area contributed by atoms with Crippen LogP contribution in [0, 0.1) is 0 Å². The molecule has 2 rings (SSSR count). The van der Waals surface area contributed by atoms with Gasteiger partial charge < -0.3 is 0 Å². The van der Waals surface area contributed by atoms with E-state index in [9.17, 15) is 12.3 Å². The van der Waals surface area contributed by atoms with Crippen LogP contribution in [-0.2, 0) is 10.2 Å². The molecule has 15 heavy (non-hydrogen) atoms. The zero-order valence-corrected chi connectivity index (χ0v) is 10.0. The first kappa shape index (κ1) is 11.1. The highest BCUT2D eigenvalue weighted by Gasteiger charge is 2.18. The van der Waals surface area contributed by atoms with E-state index in [-0.39, 0.29) is 9.49 Å². The van der Waals surface area contributed by atoms with Gasteiger partial charge in [-0.15, -0.1) is 15.2 Å². The van der Waals surface area contributed by atoms with Crippen LogP contribution in [0.2, 0.25) is 9.49 Å². The Labute approximate surface area is 98.7 Å². The molecule has 0 fully saturated rings. The number of hydrogen-bond acceptors (Lipinski definition) is 4. The molecule has 0 saturated heterocycles. The lowest BCUT2D eigenvalue weighted by molar-refractivity contribution is 0.552. The summed E-state index contributed by atoms with van der Waals surface area (Å²) in [5, 5.41) is -0.202. The summed E-state index contributed by atoms with van der Waals surface area (Å²) in [6.07, 6.45) is 0. The molecule has 3 nitrogen and oxygen atoms in total. The second kappa shape index (κ2) is 3.55. The third-order valence-electron chi connectivity index (χ3n) is 1.68. The van der Waals surface area contributed by atoms with E-state index >= 15 is 0 Å².